The van der Waals surface area contributed by atoms with Gasteiger partial charge in [0.25, 0.3) is 5.91 Å². The van der Waals surface area contributed by atoms with Gasteiger partial charge >= 0.3 is 0 Å². The van der Waals surface area contributed by atoms with Gasteiger partial charge in [0.2, 0.25) is 0 Å². The van der Waals surface area contributed by atoms with E-state index < -0.39 is 0 Å². The fraction of sp³-hybridized carbons (Fsp3) is 0.667. The standard InChI is InChI=1S/C15H21NO2/c1-10-8-18-9-16(15(17)11(10)2)7-14-6-12-3-4-13(14)5-12/h3-4,12-14H,5-9H2,1-2H3. The number of fused-ring (bicyclic) bond motifs is 2. The number of nitrogens with zero attached hydrogens (tertiary/aromatic N) is 1. The fourth-order valence-corrected chi connectivity index (χ4v) is 3.42. The van der Waals surface area contributed by atoms with Gasteiger partial charge in [-0.05, 0) is 50.0 Å². The Morgan fingerprint density at radius 1 is 1.33 bits per heavy atom. The highest BCUT2D eigenvalue weighted by Crippen LogP contribution is 2.43. The quantitative estimate of drug-likeness (QED) is 0.701. The second kappa shape index (κ2) is 4.54. The number of ether oxygens (including phenoxy) is 1. The van der Waals surface area contributed by atoms with Gasteiger partial charge < -0.3 is 9.64 Å². The molecular formula is C15H21NO2. The summed E-state index contributed by atoms with van der Waals surface area (Å²) in [5.41, 5.74) is 1.93. The molecule has 0 aromatic rings. The molecule has 3 nitrogen and oxygen atoms in total. The molecule has 18 heavy (non-hydrogen) atoms. The van der Waals surface area contributed by atoms with Gasteiger partial charge in [-0.2, -0.15) is 0 Å². The number of allylic oxidation sites excluding steroid dienone is 2. The molecule has 1 amide bonds. The zero-order valence-electron chi connectivity index (χ0n) is 11.2. The average Bonchev–Trinajstić information content (AvgIpc) is 2.94. The van der Waals surface area contributed by atoms with Crippen molar-refractivity contribution in [3.05, 3.63) is 23.3 Å². The molecule has 0 spiro atoms. The summed E-state index contributed by atoms with van der Waals surface area (Å²) in [6.07, 6.45) is 7.22. The molecule has 3 atom stereocenters. The van der Waals surface area contributed by atoms with Crippen LogP contribution in [0, 0.1) is 17.8 Å². The Balaban J connectivity index is 1.69. The summed E-state index contributed by atoms with van der Waals surface area (Å²) < 4.78 is 5.58. The largest absolute Gasteiger partial charge is 0.357 e. The van der Waals surface area contributed by atoms with Gasteiger partial charge in [0.05, 0.1) is 6.61 Å². The van der Waals surface area contributed by atoms with E-state index >= 15 is 0 Å². The predicted octanol–water partition coefficient (Wildman–Crippen LogP) is 2.35. The van der Waals surface area contributed by atoms with Crippen molar-refractivity contribution < 1.29 is 9.53 Å². The third-order valence-corrected chi connectivity index (χ3v) is 4.69. The zero-order valence-corrected chi connectivity index (χ0v) is 11.2. The van der Waals surface area contributed by atoms with E-state index in [9.17, 15) is 4.79 Å². The molecule has 2 bridgehead atoms. The molecule has 3 heteroatoms. The van der Waals surface area contributed by atoms with Gasteiger partial charge in [-0.3, -0.25) is 4.79 Å². The van der Waals surface area contributed by atoms with E-state index in [-0.39, 0.29) is 5.91 Å². The lowest BCUT2D eigenvalue weighted by Crippen LogP contribution is -2.37. The van der Waals surface area contributed by atoms with E-state index in [0.717, 1.165) is 23.6 Å². The average molecular weight is 247 g/mol. The first-order chi connectivity index (χ1) is 8.65. The molecule has 98 valence electrons. The molecule has 1 aliphatic heterocycles. The molecule has 3 rings (SSSR count). The maximum absolute atomic E-state index is 12.3. The van der Waals surface area contributed by atoms with Gasteiger partial charge in [0, 0.05) is 12.1 Å². The number of carbonyl (C=O) groups is 1. The Hall–Kier alpha value is -1.09. The molecule has 1 fully saturated rings. The first-order valence-corrected chi connectivity index (χ1v) is 6.87. The lowest BCUT2D eigenvalue weighted by Gasteiger charge is -2.27. The zero-order chi connectivity index (χ0) is 12.7. The van der Waals surface area contributed by atoms with Gasteiger partial charge in [-0.15, -0.1) is 0 Å². The summed E-state index contributed by atoms with van der Waals surface area (Å²) in [4.78, 5) is 14.2. The van der Waals surface area contributed by atoms with Crippen molar-refractivity contribution in [1.29, 1.82) is 0 Å². The molecule has 3 aliphatic rings. The summed E-state index contributed by atoms with van der Waals surface area (Å²) in [6.45, 7) is 5.79. The van der Waals surface area contributed by atoms with Gasteiger partial charge in [-0.25, -0.2) is 0 Å². The molecule has 0 aromatic carbocycles. The number of amides is 1. The molecule has 0 radical (unpaired) electrons. The van der Waals surface area contributed by atoms with E-state index in [2.05, 4.69) is 12.2 Å². The minimum atomic E-state index is 0.164. The molecule has 1 heterocycles. The first kappa shape index (κ1) is 12.0. The molecule has 2 aliphatic carbocycles. The third kappa shape index (κ3) is 2.01. The predicted molar refractivity (Wildman–Crippen MR) is 69.8 cm³/mol. The summed E-state index contributed by atoms with van der Waals surface area (Å²) in [7, 11) is 0. The monoisotopic (exact) mass is 247 g/mol. The van der Waals surface area contributed by atoms with Gasteiger partial charge in [-0.1, -0.05) is 12.2 Å². The van der Waals surface area contributed by atoms with Gasteiger partial charge in [0.15, 0.2) is 0 Å². The maximum atomic E-state index is 12.3. The fourth-order valence-electron chi connectivity index (χ4n) is 3.42. The summed E-state index contributed by atoms with van der Waals surface area (Å²) in [5.74, 6) is 2.26. The molecular weight excluding hydrogens is 226 g/mol. The molecule has 1 saturated carbocycles. The minimum Gasteiger partial charge on any atom is -0.357 e. The molecule has 3 unspecified atom stereocenters. The third-order valence-electron chi connectivity index (χ3n) is 4.69. The van der Waals surface area contributed by atoms with E-state index in [1.165, 1.54) is 12.8 Å². The summed E-state index contributed by atoms with van der Waals surface area (Å²) in [6, 6.07) is 0. The van der Waals surface area contributed by atoms with Crippen LogP contribution < -0.4 is 0 Å². The smallest absolute Gasteiger partial charge is 0.251 e. The highest BCUT2D eigenvalue weighted by molar-refractivity contribution is 5.93. The van der Waals surface area contributed by atoms with Crippen LogP contribution in [-0.4, -0.2) is 30.7 Å². The van der Waals surface area contributed by atoms with Crippen LogP contribution >= 0.6 is 0 Å². The Bertz CT molecular complexity index is 424. The SMILES string of the molecule is CC1=C(C)C(=O)N(CC2CC3C=CC2C3)COC1. The molecule has 0 aromatic heterocycles. The number of hydrogen-bond acceptors (Lipinski definition) is 2. The highest BCUT2D eigenvalue weighted by atomic mass is 16.5. The summed E-state index contributed by atoms with van der Waals surface area (Å²) >= 11 is 0. The van der Waals surface area contributed by atoms with Crippen molar-refractivity contribution in [2.45, 2.75) is 26.7 Å². The van der Waals surface area contributed by atoms with Crippen molar-refractivity contribution >= 4 is 5.91 Å². The van der Waals surface area contributed by atoms with Crippen LogP contribution in [0.4, 0.5) is 0 Å². The van der Waals surface area contributed by atoms with E-state index in [0.29, 0.717) is 25.2 Å². The summed E-state index contributed by atoms with van der Waals surface area (Å²) in [5, 5.41) is 0. The topological polar surface area (TPSA) is 29.5 Å². The van der Waals surface area contributed by atoms with Crippen molar-refractivity contribution in [2.24, 2.45) is 17.8 Å². The van der Waals surface area contributed by atoms with Crippen LogP contribution in [0.15, 0.2) is 23.3 Å². The Morgan fingerprint density at radius 2 is 2.17 bits per heavy atom. The van der Waals surface area contributed by atoms with Crippen LogP contribution in [0.5, 0.6) is 0 Å². The van der Waals surface area contributed by atoms with E-state index in [1.54, 1.807) is 0 Å². The highest BCUT2D eigenvalue weighted by Gasteiger charge is 2.37. The lowest BCUT2D eigenvalue weighted by atomic mass is 9.93. The number of rotatable bonds is 2. The van der Waals surface area contributed by atoms with Crippen LogP contribution in [0.25, 0.3) is 0 Å². The number of hydrogen-bond donors (Lipinski definition) is 0. The molecule has 0 N–H and O–H groups in total. The Morgan fingerprint density at radius 3 is 2.83 bits per heavy atom. The van der Waals surface area contributed by atoms with E-state index in [4.69, 9.17) is 4.74 Å². The van der Waals surface area contributed by atoms with Crippen LogP contribution in [0.1, 0.15) is 26.7 Å². The van der Waals surface area contributed by atoms with E-state index in [1.807, 2.05) is 18.7 Å². The first-order valence-electron chi connectivity index (χ1n) is 6.87. The van der Waals surface area contributed by atoms with Crippen LogP contribution in [-0.2, 0) is 9.53 Å². The second-order valence-electron chi connectivity index (χ2n) is 5.95. The van der Waals surface area contributed by atoms with Crippen molar-refractivity contribution in [2.75, 3.05) is 19.9 Å². The van der Waals surface area contributed by atoms with Gasteiger partial charge in [0.1, 0.15) is 6.73 Å². The normalized spacial score (nSPS) is 35.6. The van der Waals surface area contributed by atoms with Crippen LogP contribution in [0.2, 0.25) is 0 Å². The maximum Gasteiger partial charge on any atom is 0.251 e. The van der Waals surface area contributed by atoms with Crippen molar-refractivity contribution in [3.63, 3.8) is 0 Å². The van der Waals surface area contributed by atoms with Crippen molar-refractivity contribution in [3.8, 4) is 0 Å². The molecule has 0 saturated heterocycles. The number of carbonyl (C=O) groups excluding carboxylic acids is 1. The van der Waals surface area contributed by atoms with Crippen molar-refractivity contribution in [1.82, 2.24) is 4.90 Å². The second-order valence-corrected chi connectivity index (χ2v) is 5.95. The van der Waals surface area contributed by atoms with Crippen LogP contribution in [0.3, 0.4) is 0 Å². The Kier molecular flexibility index (Phi) is 3.02. The minimum absolute atomic E-state index is 0.164. The Labute approximate surface area is 108 Å². The lowest BCUT2D eigenvalue weighted by molar-refractivity contribution is -0.132.